The fourth-order valence-corrected chi connectivity index (χ4v) is 1.24. The molecule has 1 atom stereocenters. The van der Waals surface area contributed by atoms with Crippen molar-refractivity contribution in [2.75, 3.05) is 5.32 Å². The summed E-state index contributed by atoms with van der Waals surface area (Å²) in [6.45, 7) is 10.3. The van der Waals surface area contributed by atoms with Crippen LogP contribution in [0, 0.1) is 0 Å². The van der Waals surface area contributed by atoms with Gasteiger partial charge in [-0.2, -0.15) is 0 Å². The lowest BCUT2D eigenvalue weighted by Crippen LogP contribution is -2.39. The fraction of sp³-hybridized carbons (Fsp3) is 0.667. The van der Waals surface area contributed by atoms with Gasteiger partial charge in [-0.1, -0.05) is 13.8 Å². The molecule has 1 rings (SSSR count). The molecular weight excluding hydrogens is 222 g/mol. The van der Waals surface area contributed by atoms with Gasteiger partial charge in [0, 0.05) is 17.3 Å². The minimum Gasteiger partial charge on any atom is -0.364 e. The summed E-state index contributed by atoms with van der Waals surface area (Å²) in [5.74, 6) is 1.23. The number of nitrogens with one attached hydrogen (secondary N) is 1. The Bertz CT molecular complexity index is 348. The summed E-state index contributed by atoms with van der Waals surface area (Å²) in [4.78, 5) is 8.44. The molecule has 0 saturated heterocycles. The van der Waals surface area contributed by atoms with Gasteiger partial charge >= 0.3 is 0 Å². The van der Waals surface area contributed by atoms with Crippen molar-refractivity contribution in [1.29, 1.82) is 0 Å². The summed E-state index contributed by atoms with van der Waals surface area (Å²) in [6, 6.07) is 1.98. The summed E-state index contributed by atoms with van der Waals surface area (Å²) < 4.78 is 0. The van der Waals surface area contributed by atoms with E-state index in [-0.39, 0.29) is 10.9 Å². The van der Waals surface area contributed by atoms with E-state index in [4.69, 9.17) is 11.6 Å². The molecule has 0 aromatic carbocycles. The topological polar surface area (TPSA) is 37.8 Å². The molecule has 0 aliphatic heterocycles. The molecule has 1 aromatic rings. The van der Waals surface area contributed by atoms with E-state index in [2.05, 4.69) is 43.0 Å². The van der Waals surface area contributed by atoms with Crippen molar-refractivity contribution < 1.29 is 0 Å². The first-order valence-electron chi connectivity index (χ1n) is 5.57. The van der Waals surface area contributed by atoms with Crippen molar-refractivity contribution in [3.8, 4) is 0 Å². The summed E-state index contributed by atoms with van der Waals surface area (Å²) in [5, 5.41) is 3.35. The van der Waals surface area contributed by atoms with Crippen LogP contribution in [0.5, 0.6) is 0 Å². The highest BCUT2D eigenvalue weighted by molar-refractivity contribution is 6.21. The van der Waals surface area contributed by atoms with Gasteiger partial charge in [-0.3, -0.25) is 0 Å². The molecule has 0 fully saturated rings. The van der Waals surface area contributed by atoms with E-state index in [0.29, 0.717) is 5.92 Å². The molecule has 0 amide bonds. The largest absolute Gasteiger partial charge is 0.364 e. The molecule has 1 heterocycles. The Balaban J connectivity index is 2.86. The number of nitrogens with zero attached hydrogens (tertiary/aromatic N) is 2. The lowest BCUT2D eigenvalue weighted by Gasteiger charge is -2.29. The molecule has 16 heavy (non-hydrogen) atoms. The fourth-order valence-electron chi connectivity index (χ4n) is 1.19. The van der Waals surface area contributed by atoms with E-state index in [1.165, 1.54) is 0 Å². The number of aromatic nitrogens is 2. The van der Waals surface area contributed by atoms with E-state index >= 15 is 0 Å². The Hall–Kier alpha value is -0.830. The Morgan fingerprint density at radius 2 is 1.88 bits per heavy atom. The Morgan fingerprint density at radius 1 is 1.25 bits per heavy atom. The van der Waals surface area contributed by atoms with Crippen molar-refractivity contribution >= 4 is 17.4 Å². The Labute approximate surface area is 103 Å². The van der Waals surface area contributed by atoms with E-state index in [9.17, 15) is 0 Å². The van der Waals surface area contributed by atoms with E-state index in [1.54, 1.807) is 6.33 Å². The maximum absolute atomic E-state index is 6.12. The minimum atomic E-state index is -0.190. The second-order valence-electron chi connectivity index (χ2n) is 4.95. The first-order chi connectivity index (χ1) is 7.33. The predicted octanol–water partition coefficient (Wildman–Crippen LogP) is 3.42. The average molecular weight is 242 g/mol. The van der Waals surface area contributed by atoms with Crippen LogP contribution in [0.15, 0.2) is 12.4 Å². The molecular formula is C12H20ClN3. The van der Waals surface area contributed by atoms with Gasteiger partial charge in [-0.25, -0.2) is 9.97 Å². The van der Waals surface area contributed by atoms with Crippen LogP contribution in [0.25, 0.3) is 0 Å². The van der Waals surface area contributed by atoms with Gasteiger partial charge in [-0.15, -0.1) is 11.6 Å². The van der Waals surface area contributed by atoms with Crippen LogP contribution in [0.2, 0.25) is 0 Å². The molecule has 0 aliphatic rings. The van der Waals surface area contributed by atoms with Crippen molar-refractivity contribution in [2.45, 2.75) is 51.5 Å². The lowest BCUT2D eigenvalue weighted by molar-refractivity contribution is 0.552. The third-order valence-electron chi connectivity index (χ3n) is 2.72. The van der Waals surface area contributed by atoms with Crippen LogP contribution in [0.4, 0.5) is 5.82 Å². The summed E-state index contributed by atoms with van der Waals surface area (Å²) in [5.41, 5.74) is 0.847. The maximum atomic E-state index is 6.12. The highest BCUT2D eigenvalue weighted by Crippen LogP contribution is 2.21. The van der Waals surface area contributed by atoms with Crippen LogP contribution in [0.1, 0.15) is 46.2 Å². The van der Waals surface area contributed by atoms with Gasteiger partial charge in [0.1, 0.15) is 12.1 Å². The number of hydrogen-bond donors (Lipinski definition) is 1. The molecule has 1 N–H and O–H groups in total. The number of alkyl halides is 1. The number of halogens is 1. The van der Waals surface area contributed by atoms with Gasteiger partial charge in [0.2, 0.25) is 0 Å². The normalized spacial score (nSPS) is 13.9. The van der Waals surface area contributed by atoms with Crippen molar-refractivity contribution in [3.05, 3.63) is 18.1 Å². The third kappa shape index (κ3) is 3.34. The molecule has 1 unspecified atom stereocenters. The molecule has 0 spiro atoms. The van der Waals surface area contributed by atoms with Crippen LogP contribution in [0.3, 0.4) is 0 Å². The predicted molar refractivity (Wildman–Crippen MR) is 69.1 cm³/mol. The standard InChI is InChI=1S/C12H20ClN3/c1-8(2)10-6-11(15-7-14-10)16-12(4,5)9(3)13/h6-9H,1-5H3,(H,14,15,16). The van der Waals surface area contributed by atoms with Gasteiger partial charge in [-0.05, 0) is 26.7 Å². The lowest BCUT2D eigenvalue weighted by atomic mass is 10.0. The Morgan fingerprint density at radius 3 is 2.38 bits per heavy atom. The summed E-state index contributed by atoms with van der Waals surface area (Å²) >= 11 is 6.12. The van der Waals surface area contributed by atoms with Crippen LogP contribution in [-0.2, 0) is 0 Å². The number of rotatable bonds is 4. The summed E-state index contributed by atoms with van der Waals surface area (Å²) in [6.07, 6.45) is 1.59. The zero-order valence-corrected chi connectivity index (χ0v) is 11.3. The molecule has 0 saturated carbocycles. The van der Waals surface area contributed by atoms with E-state index in [1.807, 2.05) is 13.0 Å². The molecule has 0 aliphatic carbocycles. The Kier molecular flexibility index (Phi) is 4.14. The van der Waals surface area contributed by atoms with Crippen LogP contribution in [-0.4, -0.2) is 20.9 Å². The first-order valence-corrected chi connectivity index (χ1v) is 6.01. The van der Waals surface area contributed by atoms with Gasteiger partial charge < -0.3 is 5.32 Å². The van der Waals surface area contributed by atoms with Gasteiger partial charge in [0.05, 0.1) is 5.38 Å². The van der Waals surface area contributed by atoms with Crippen molar-refractivity contribution in [2.24, 2.45) is 0 Å². The zero-order chi connectivity index (χ0) is 12.3. The first kappa shape index (κ1) is 13.2. The zero-order valence-electron chi connectivity index (χ0n) is 10.6. The highest BCUT2D eigenvalue weighted by atomic mass is 35.5. The maximum Gasteiger partial charge on any atom is 0.130 e. The quantitative estimate of drug-likeness (QED) is 0.821. The smallest absolute Gasteiger partial charge is 0.130 e. The van der Waals surface area contributed by atoms with Gasteiger partial charge in [0.25, 0.3) is 0 Å². The monoisotopic (exact) mass is 241 g/mol. The molecule has 1 aromatic heterocycles. The van der Waals surface area contributed by atoms with E-state index < -0.39 is 0 Å². The van der Waals surface area contributed by atoms with Crippen LogP contribution < -0.4 is 5.32 Å². The second-order valence-corrected chi connectivity index (χ2v) is 5.60. The average Bonchev–Trinajstić information content (AvgIpc) is 2.17. The van der Waals surface area contributed by atoms with E-state index in [0.717, 1.165) is 11.5 Å². The van der Waals surface area contributed by atoms with Crippen molar-refractivity contribution in [1.82, 2.24) is 9.97 Å². The van der Waals surface area contributed by atoms with Crippen molar-refractivity contribution in [3.63, 3.8) is 0 Å². The second kappa shape index (κ2) is 5.00. The molecule has 90 valence electrons. The minimum absolute atomic E-state index is 0.0185. The molecule has 4 heteroatoms. The molecule has 0 radical (unpaired) electrons. The SMILES string of the molecule is CC(C)c1cc(NC(C)(C)C(C)Cl)ncn1. The number of anilines is 1. The summed E-state index contributed by atoms with van der Waals surface area (Å²) in [7, 11) is 0. The highest BCUT2D eigenvalue weighted by Gasteiger charge is 2.24. The molecule has 3 nitrogen and oxygen atoms in total. The third-order valence-corrected chi connectivity index (χ3v) is 3.27. The van der Waals surface area contributed by atoms with Gasteiger partial charge in [0.15, 0.2) is 0 Å². The molecule has 0 bridgehead atoms. The number of hydrogen-bond acceptors (Lipinski definition) is 3. The van der Waals surface area contributed by atoms with Crippen LogP contribution >= 0.6 is 11.6 Å².